The molecule has 2 fully saturated rings. The lowest BCUT2D eigenvalue weighted by Gasteiger charge is -2.35. The molecule has 0 radical (unpaired) electrons. The first-order valence-corrected chi connectivity index (χ1v) is 9.08. The van der Waals surface area contributed by atoms with Crippen molar-refractivity contribution in [3.05, 3.63) is 35.4 Å². The number of carbonyl (C=O) groups excluding carboxylic acids is 1. The quantitative estimate of drug-likeness (QED) is 0.874. The van der Waals surface area contributed by atoms with Gasteiger partial charge in [-0.25, -0.2) is 0 Å². The Labute approximate surface area is 152 Å². The largest absolute Gasteiger partial charge is 0.339 e. The number of hydrogen-bond acceptors (Lipinski definition) is 2. The molecular formula is C20H31ClN2O. The van der Waals surface area contributed by atoms with Gasteiger partial charge in [0.1, 0.15) is 0 Å². The van der Waals surface area contributed by atoms with Gasteiger partial charge < -0.3 is 10.2 Å². The van der Waals surface area contributed by atoms with E-state index in [1.165, 1.54) is 24.9 Å². The molecule has 4 heteroatoms. The maximum absolute atomic E-state index is 12.7. The minimum absolute atomic E-state index is 0. The van der Waals surface area contributed by atoms with Crippen molar-refractivity contribution in [3.8, 4) is 0 Å². The maximum atomic E-state index is 12.7. The zero-order chi connectivity index (χ0) is 16.4. The lowest BCUT2D eigenvalue weighted by atomic mass is 9.86. The van der Waals surface area contributed by atoms with E-state index in [0.29, 0.717) is 6.04 Å². The number of benzene rings is 1. The van der Waals surface area contributed by atoms with Crippen LogP contribution in [0.25, 0.3) is 0 Å². The van der Waals surface area contributed by atoms with E-state index in [-0.39, 0.29) is 23.7 Å². The van der Waals surface area contributed by atoms with Gasteiger partial charge in [0.25, 0.3) is 5.91 Å². The van der Waals surface area contributed by atoms with Crippen LogP contribution in [0.1, 0.15) is 62.4 Å². The minimum Gasteiger partial charge on any atom is -0.339 e. The molecule has 1 aromatic rings. The van der Waals surface area contributed by atoms with Gasteiger partial charge in [-0.1, -0.05) is 32.9 Å². The Morgan fingerprint density at radius 2 is 1.71 bits per heavy atom. The summed E-state index contributed by atoms with van der Waals surface area (Å²) in [7, 11) is 0. The Kier molecular flexibility index (Phi) is 6.33. The summed E-state index contributed by atoms with van der Waals surface area (Å²) in [6.07, 6.45) is 4.91. The van der Waals surface area contributed by atoms with Gasteiger partial charge in [-0.3, -0.25) is 4.79 Å². The van der Waals surface area contributed by atoms with Crippen molar-refractivity contribution in [3.63, 3.8) is 0 Å². The van der Waals surface area contributed by atoms with Crippen LogP contribution in [-0.4, -0.2) is 36.5 Å². The lowest BCUT2D eigenvalue weighted by Crippen LogP contribution is -2.43. The average Bonchev–Trinajstić information content (AvgIpc) is 3.08. The number of hydrogen-bond donors (Lipinski definition) is 1. The van der Waals surface area contributed by atoms with Gasteiger partial charge >= 0.3 is 0 Å². The van der Waals surface area contributed by atoms with Crippen LogP contribution in [0.3, 0.4) is 0 Å². The number of nitrogens with one attached hydrogen (secondary N) is 1. The summed E-state index contributed by atoms with van der Waals surface area (Å²) in [6, 6.07) is 8.88. The number of amides is 1. The Morgan fingerprint density at radius 1 is 1.08 bits per heavy atom. The van der Waals surface area contributed by atoms with Crippen molar-refractivity contribution in [2.24, 2.45) is 5.92 Å². The van der Waals surface area contributed by atoms with Crippen molar-refractivity contribution in [2.45, 2.75) is 57.9 Å². The number of nitrogens with zero attached hydrogens (tertiary/aromatic N) is 1. The van der Waals surface area contributed by atoms with Crippen molar-refractivity contribution in [1.29, 1.82) is 0 Å². The van der Waals surface area contributed by atoms with Crippen LogP contribution < -0.4 is 5.32 Å². The molecule has 2 aliphatic rings. The van der Waals surface area contributed by atoms with E-state index in [0.717, 1.165) is 37.4 Å². The fourth-order valence-electron chi connectivity index (χ4n) is 3.91. The number of carbonyl (C=O) groups is 1. The fraction of sp³-hybridized carbons (Fsp3) is 0.650. The molecule has 0 saturated carbocycles. The van der Waals surface area contributed by atoms with Crippen LogP contribution in [0.5, 0.6) is 0 Å². The first kappa shape index (κ1) is 19.3. The lowest BCUT2D eigenvalue weighted by molar-refractivity contribution is 0.0674. The molecule has 0 aliphatic carbocycles. The van der Waals surface area contributed by atoms with E-state index in [4.69, 9.17) is 0 Å². The summed E-state index contributed by atoms with van der Waals surface area (Å²) in [5.74, 6) is 0.952. The van der Waals surface area contributed by atoms with Gasteiger partial charge in [0, 0.05) is 24.7 Å². The van der Waals surface area contributed by atoms with Crippen LogP contribution in [0.2, 0.25) is 0 Å². The molecule has 0 bridgehead atoms. The van der Waals surface area contributed by atoms with Crippen LogP contribution in [-0.2, 0) is 5.41 Å². The Hall–Kier alpha value is -1.06. The van der Waals surface area contributed by atoms with Crippen molar-refractivity contribution in [2.75, 3.05) is 19.6 Å². The van der Waals surface area contributed by atoms with Crippen molar-refractivity contribution >= 4 is 18.3 Å². The standard InChI is InChI=1S/C20H30N2O.ClH/c1-20(2,3)17-8-6-16(7-9-17)19(23)22-13-10-15(11-14-22)18-5-4-12-21-18;/h6-9,15,18,21H,4-5,10-14H2,1-3H3;1H. The van der Waals surface area contributed by atoms with E-state index in [1.54, 1.807) is 0 Å². The van der Waals surface area contributed by atoms with E-state index in [1.807, 2.05) is 17.0 Å². The van der Waals surface area contributed by atoms with Crippen LogP contribution in [0.4, 0.5) is 0 Å². The summed E-state index contributed by atoms with van der Waals surface area (Å²) >= 11 is 0. The molecule has 0 spiro atoms. The normalized spacial score (nSPS) is 22.3. The van der Waals surface area contributed by atoms with E-state index < -0.39 is 0 Å². The van der Waals surface area contributed by atoms with E-state index in [2.05, 4.69) is 38.2 Å². The third kappa shape index (κ3) is 4.31. The average molecular weight is 351 g/mol. The predicted octanol–water partition coefficient (Wildman–Crippen LogP) is 4.01. The molecule has 3 rings (SSSR count). The molecular weight excluding hydrogens is 320 g/mol. The second-order valence-corrected chi connectivity index (χ2v) is 8.16. The monoisotopic (exact) mass is 350 g/mol. The topological polar surface area (TPSA) is 32.3 Å². The zero-order valence-electron chi connectivity index (χ0n) is 15.2. The summed E-state index contributed by atoms with van der Waals surface area (Å²) in [4.78, 5) is 14.7. The van der Waals surface area contributed by atoms with E-state index >= 15 is 0 Å². The number of halogens is 1. The first-order valence-electron chi connectivity index (χ1n) is 9.08. The molecule has 1 unspecified atom stereocenters. The SMILES string of the molecule is CC(C)(C)c1ccc(C(=O)N2CCC(C3CCCN3)CC2)cc1.Cl. The fourth-order valence-corrected chi connectivity index (χ4v) is 3.91. The van der Waals surface area contributed by atoms with Gasteiger partial charge in [0.05, 0.1) is 0 Å². The Morgan fingerprint density at radius 3 is 2.21 bits per heavy atom. The Balaban J connectivity index is 0.00000208. The highest BCUT2D eigenvalue weighted by Crippen LogP contribution is 2.27. The summed E-state index contributed by atoms with van der Waals surface area (Å²) < 4.78 is 0. The predicted molar refractivity (Wildman–Crippen MR) is 102 cm³/mol. The van der Waals surface area contributed by atoms with Gasteiger partial charge in [0.2, 0.25) is 0 Å². The molecule has 1 aromatic carbocycles. The first-order chi connectivity index (χ1) is 10.9. The second kappa shape index (κ2) is 7.88. The number of piperidine rings is 1. The van der Waals surface area contributed by atoms with Gasteiger partial charge in [-0.15, -0.1) is 12.4 Å². The van der Waals surface area contributed by atoms with Crippen LogP contribution >= 0.6 is 12.4 Å². The molecule has 2 aliphatic heterocycles. The van der Waals surface area contributed by atoms with Gasteiger partial charge in [-0.2, -0.15) is 0 Å². The molecule has 3 nitrogen and oxygen atoms in total. The highest BCUT2D eigenvalue weighted by atomic mass is 35.5. The molecule has 0 aromatic heterocycles. The minimum atomic E-state index is 0. The van der Waals surface area contributed by atoms with Crippen LogP contribution in [0.15, 0.2) is 24.3 Å². The van der Waals surface area contributed by atoms with Crippen molar-refractivity contribution < 1.29 is 4.79 Å². The van der Waals surface area contributed by atoms with Gasteiger partial charge in [0.15, 0.2) is 0 Å². The van der Waals surface area contributed by atoms with Crippen molar-refractivity contribution in [1.82, 2.24) is 10.2 Å². The number of rotatable bonds is 2. The molecule has 24 heavy (non-hydrogen) atoms. The third-order valence-electron chi connectivity index (χ3n) is 5.49. The summed E-state index contributed by atoms with van der Waals surface area (Å²) in [6.45, 7) is 9.58. The molecule has 134 valence electrons. The molecule has 1 N–H and O–H groups in total. The second-order valence-electron chi connectivity index (χ2n) is 8.16. The third-order valence-corrected chi connectivity index (χ3v) is 5.49. The van der Waals surface area contributed by atoms with E-state index in [9.17, 15) is 4.79 Å². The molecule has 1 amide bonds. The van der Waals surface area contributed by atoms with Crippen LogP contribution in [0, 0.1) is 5.92 Å². The zero-order valence-corrected chi connectivity index (χ0v) is 16.0. The molecule has 1 atom stereocenters. The maximum Gasteiger partial charge on any atom is 0.253 e. The van der Waals surface area contributed by atoms with Gasteiger partial charge in [-0.05, 0) is 61.3 Å². The highest BCUT2D eigenvalue weighted by Gasteiger charge is 2.30. The summed E-state index contributed by atoms with van der Waals surface area (Å²) in [5, 5.41) is 3.62. The molecule has 2 saturated heterocycles. The molecule has 2 heterocycles. The highest BCUT2D eigenvalue weighted by molar-refractivity contribution is 5.94. The Bertz CT molecular complexity index is 536. The number of likely N-dealkylation sites (tertiary alicyclic amines) is 1. The summed E-state index contributed by atoms with van der Waals surface area (Å²) in [5.41, 5.74) is 2.24. The smallest absolute Gasteiger partial charge is 0.253 e.